The predicted octanol–water partition coefficient (Wildman–Crippen LogP) is 3.04. The highest BCUT2D eigenvalue weighted by Crippen LogP contribution is 2.23. The molecule has 1 aromatic rings. The Morgan fingerprint density at radius 3 is 2.48 bits per heavy atom. The highest BCUT2D eigenvalue weighted by Gasteiger charge is 2.21. The van der Waals surface area contributed by atoms with Gasteiger partial charge in [0.2, 0.25) is 0 Å². The van der Waals surface area contributed by atoms with Gasteiger partial charge >= 0.3 is 0 Å². The fourth-order valence-corrected chi connectivity index (χ4v) is 2.83. The van der Waals surface area contributed by atoms with Crippen molar-refractivity contribution in [2.45, 2.75) is 34.1 Å². The van der Waals surface area contributed by atoms with Gasteiger partial charge in [-0.1, -0.05) is 26.0 Å². The smallest absolute Gasteiger partial charge is 0.149 e. The van der Waals surface area contributed by atoms with Crippen molar-refractivity contribution in [3.63, 3.8) is 0 Å². The molecule has 1 aromatic carbocycles. The lowest BCUT2D eigenvalue weighted by Gasteiger charge is -2.37. The second kappa shape index (κ2) is 7.08. The molecule has 1 saturated heterocycles. The Morgan fingerprint density at radius 1 is 1.19 bits per heavy atom. The number of aryl methyl sites for hydroxylation is 1. The molecule has 3 heteroatoms. The lowest BCUT2D eigenvalue weighted by molar-refractivity contribution is -0.123. The molecule has 0 aromatic heterocycles. The Hall–Kier alpha value is -1.35. The number of nitrogens with zero attached hydrogens (tertiary/aromatic N) is 2. The van der Waals surface area contributed by atoms with Crippen LogP contribution in [0, 0.1) is 19.8 Å². The molecule has 1 aliphatic rings. The molecule has 116 valence electrons. The van der Waals surface area contributed by atoms with E-state index in [9.17, 15) is 4.79 Å². The normalized spacial score (nSPS) is 17.8. The van der Waals surface area contributed by atoms with E-state index >= 15 is 0 Å². The second-order valence-electron chi connectivity index (χ2n) is 6.26. The molecule has 1 atom stereocenters. The van der Waals surface area contributed by atoms with Crippen LogP contribution in [0.2, 0.25) is 0 Å². The molecule has 0 N–H and O–H groups in total. The van der Waals surface area contributed by atoms with Crippen molar-refractivity contribution in [1.82, 2.24) is 4.90 Å². The first-order valence-corrected chi connectivity index (χ1v) is 8.09. The largest absolute Gasteiger partial charge is 0.369 e. The summed E-state index contributed by atoms with van der Waals surface area (Å²) >= 11 is 0. The topological polar surface area (TPSA) is 23.6 Å². The van der Waals surface area contributed by atoms with Gasteiger partial charge in [-0.05, 0) is 37.5 Å². The number of benzene rings is 1. The molecule has 0 bridgehead atoms. The minimum Gasteiger partial charge on any atom is -0.369 e. The highest BCUT2D eigenvalue weighted by atomic mass is 16.1. The van der Waals surface area contributed by atoms with Crippen molar-refractivity contribution < 1.29 is 4.79 Å². The van der Waals surface area contributed by atoms with Crippen molar-refractivity contribution in [3.8, 4) is 0 Å². The van der Waals surface area contributed by atoms with E-state index in [1.165, 1.54) is 16.8 Å². The van der Waals surface area contributed by atoms with Crippen LogP contribution in [0.25, 0.3) is 0 Å². The third-order valence-corrected chi connectivity index (χ3v) is 4.83. The first-order valence-electron chi connectivity index (χ1n) is 8.09. The van der Waals surface area contributed by atoms with Gasteiger partial charge < -0.3 is 4.90 Å². The van der Waals surface area contributed by atoms with Gasteiger partial charge in [0, 0.05) is 37.8 Å². The number of hydrogen-bond acceptors (Lipinski definition) is 3. The van der Waals surface area contributed by atoms with Gasteiger partial charge in [0.1, 0.15) is 5.78 Å². The standard InChI is InChI=1S/C18H28N2O/c1-5-14(2)18(21)13-19-9-11-20(12-10-19)17-8-6-7-15(3)16(17)4/h6-8,14H,5,9-13H2,1-4H3. The maximum absolute atomic E-state index is 12.0. The van der Waals surface area contributed by atoms with Crippen LogP contribution in [0.5, 0.6) is 0 Å². The Labute approximate surface area is 128 Å². The summed E-state index contributed by atoms with van der Waals surface area (Å²) < 4.78 is 0. The van der Waals surface area contributed by atoms with Crippen LogP contribution in [-0.2, 0) is 4.79 Å². The number of ketones is 1. The maximum Gasteiger partial charge on any atom is 0.149 e. The third kappa shape index (κ3) is 3.85. The van der Waals surface area contributed by atoms with E-state index in [2.05, 4.69) is 48.8 Å². The SMILES string of the molecule is CCC(C)C(=O)CN1CCN(c2cccc(C)c2C)CC1. The fraction of sp³-hybridized carbons (Fsp3) is 0.611. The van der Waals surface area contributed by atoms with Gasteiger partial charge in [-0.2, -0.15) is 0 Å². The third-order valence-electron chi connectivity index (χ3n) is 4.83. The fourth-order valence-electron chi connectivity index (χ4n) is 2.83. The van der Waals surface area contributed by atoms with E-state index in [-0.39, 0.29) is 5.92 Å². The zero-order valence-corrected chi connectivity index (χ0v) is 13.9. The Morgan fingerprint density at radius 2 is 1.86 bits per heavy atom. The average molecular weight is 288 g/mol. The van der Waals surface area contributed by atoms with E-state index in [0.29, 0.717) is 12.3 Å². The summed E-state index contributed by atoms with van der Waals surface area (Å²) in [5, 5.41) is 0. The van der Waals surface area contributed by atoms with Gasteiger partial charge in [-0.25, -0.2) is 0 Å². The summed E-state index contributed by atoms with van der Waals surface area (Å²) in [6.45, 7) is 13.1. The van der Waals surface area contributed by atoms with Crippen LogP contribution in [0.15, 0.2) is 18.2 Å². The van der Waals surface area contributed by atoms with Crippen molar-refractivity contribution in [1.29, 1.82) is 0 Å². The van der Waals surface area contributed by atoms with E-state index in [0.717, 1.165) is 32.6 Å². The number of hydrogen-bond donors (Lipinski definition) is 0. The molecule has 0 spiro atoms. The van der Waals surface area contributed by atoms with Gasteiger partial charge in [-0.15, -0.1) is 0 Å². The zero-order valence-electron chi connectivity index (χ0n) is 13.9. The average Bonchev–Trinajstić information content (AvgIpc) is 2.50. The molecule has 21 heavy (non-hydrogen) atoms. The number of Topliss-reactive ketones (excluding diaryl/α,β-unsaturated/α-hetero) is 1. The molecular formula is C18H28N2O. The van der Waals surface area contributed by atoms with Crippen LogP contribution >= 0.6 is 0 Å². The first-order chi connectivity index (χ1) is 10.0. The van der Waals surface area contributed by atoms with Crippen LogP contribution < -0.4 is 4.90 Å². The Bertz CT molecular complexity index is 490. The number of piperazine rings is 1. The lowest BCUT2D eigenvalue weighted by atomic mass is 10.0. The number of anilines is 1. The van der Waals surface area contributed by atoms with E-state index in [4.69, 9.17) is 0 Å². The van der Waals surface area contributed by atoms with E-state index in [1.54, 1.807) is 0 Å². The minimum absolute atomic E-state index is 0.196. The summed E-state index contributed by atoms with van der Waals surface area (Å²) in [6, 6.07) is 6.51. The van der Waals surface area contributed by atoms with E-state index in [1.807, 2.05) is 6.92 Å². The van der Waals surface area contributed by atoms with Crippen molar-refractivity contribution >= 4 is 11.5 Å². The molecule has 1 fully saturated rings. The summed E-state index contributed by atoms with van der Waals surface area (Å²) in [7, 11) is 0. The van der Waals surface area contributed by atoms with Crippen LogP contribution in [0.3, 0.4) is 0 Å². The number of carbonyl (C=O) groups excluding carboxylic acids is 1. The molecule has 0 saturated carbocycles. The molecule has 0 aliphatic carbocycles. The Kier molecular flexibility index (Phi) is 5.40. The molecule has 2 rings (SSSR count). The minimum atomic E-state index is 0.196. The molecule has 1 aliphatic heterocycles. The van der Waals surface area contributed by atoms with Crippen LogP contribution in [0.4, 0.5) is 5.69 Å². The van der Waals surface area contributed by atoms with Gasteiger partial charge in [0.25, 0.3) is 0 Å². The number of carbonyl (C=O) groups is 1. The Balaban J connectivity index is 1.91. The van der Waals surface area contributed by atoms with Crippen LogP contribution in [-0.4, -0.2) is 43.4 Å². The zero-order chi connectivity index (χ0) is 15.4. The molecule has 0 radical (unpaired) electrons. The monoisotopic (exact) mass is 288 g/mol. The highest BCUT2D eigenvalue weighted by molar-refractivity contribution is 5.82. The van der Waals surface area contributed by atoms with Crippen LogP contribution in [0.1, 0.15) is 31.4 Å². The molecule has 1 unspecified atom stereocenters. The lowest BCUT2D eigenvalue weighted by Crippen LogP contribution is -2.48. The van der Waals surface area contributed by atoms with Gasteiger partial charge in [0.05, 0.1) is 6.54 Å². The van der Waals surface area contributed by atoms with Crippen molar-refractivity contribution in [2.24, 2.45) is 5.92 Å². The molecule has 3 nitrogen and oxygen atoms in total. The summed E-state index contributed by atoms with van der Waals surface area (Å²) in [4.78, 5) is 16.8. The van der Waals surface area contributed by atoms with Gasteiger partial charge in [0.15, 0.2) is 0 Å². The molecule has 0 amide bonds. The van der Waals surface area contributed by atoms with E-state index < -0.39 is 0 Å². The molecular weight excluding hydrogens is 260 g/mol. The summed E-state index contributed by atoms with van der Waals surface area (Å²) in [6.07, 6.45) is 0.946. The summed E-state index contributed by atoms with van der Waals surface area (Å²) in [5.41, 5.74) is 4.08. The predicted molar refractivity (Wildman–Crippen MR) is 89.0 cm³/mol. The maximum atomic E-state index is 12.0. The summed E-state index contributed by atoms with van der Waals surface area (Å²) in [5.74, 6) is 0.583. The quantitative estimate of drug-likeness (QED) is 0.832. The van der Waals surface area contributed by atoms with Gasteiger partial charge in [-0.3, -0.25) is 9.69 Å². The van der Waals surface area contributed by atoms with Crippen molar-refractivity contribution in [3.05, 3.63) is 29.3 Å². The number of rotatable bonds is 5. The second-order valence-corrected chi connectivity index (χ2v) is 6.26. The first kappa shape index (κ1) is 16.0. The molecule has 1 heterocycles. The van der Waals surface area contributed by atoms with Crippen molar-refractivity contribution in [2.75, 3.05) is 37.6 Å².